The van der Waals surface area contributed by atoms with Crippen molar-refractivity contribution < 1.29 is 22.3 Å². The van der Waals surface area contributed by atoms with E-state index in [1.165, 1.54) is 12.1 Å². The van der Waals surface area contributed by atoms with Crippen LogP contribution in [-0.4, -0.2) is 61.3 Å². The molecule has 0 amide bonds. The van der Waals surface area contributed by atoms with Crippen molar-refractivity contribution in [1.29, 1.82) is 0 Å². The van der Waals surface area contributed by atoms with E-state index in [0.29, 0.717) is 13.0 Å². The standard InChI is InChI=1S/C11H13NO4.Ca.2H/c12-7-3-6-10(13)16-9-5-2-1-4-8(9)11(14)15;;;/h1-2,4-5H,3,6-7,12H2,(H,14,15);;;/q;+2;2*-1. The van der Waals surface area contributed by atoms with Gasteiger partial charge in [-0.25, -0.2) is 4.79 Å². The smallest absolute Gasteiger partial charge is 1.00 e. The van der Waals surface area contributed by atoms with E-state index in [0.717, 1.165) is 0 Å². The molecule has 0 spiro atoms. The van der Waals surface area contributed by atoms with Gasteiger partial charge in [0, 0.05) is 6.42 Å². The molecular formula is C11H15CaNO4. The third kappa shape index (κ3) is 5.50. The molecule has 0 atom stereocenters. The van der Waals surface area contributed by atoms with Crippen LogP contribution in [0, 0.1) is 0 Å². The average molecular weight is 265 g/mol. The van der Waals surface area contributed by atoms with Crippen LogP contribution in [-0.2, 0) is 4.79 Å². The van der Waals surface area contributed by atoms with E-state index < -0.39 is 11.9 Å². The number of carboxylic acids is 1. The molecule has 0 radical (unpaired) electrons. The monoisotopic (exact) mass is 265 g/mol. The molecule has 0 fully saturated rings. The Labute approximate surface area is 132 Å². The first-order valence-corrected chi connectivity index (χ1v) is 4.88. The van der Waals surface area contributed by atoms with E-state index in [9.17, 15) is 9.59 Å². The third-order valence-electron chi connectivity index (χ3n) is 1.93. The number of hydrogen-bond acceptors (Lipinski definition) is 4. The van der Waals surface area contributed by atoms with Gasteiger partial charge in [0.25, 0.3) is 0 Å². The summed E-state index contributed by atoms with van der Waals surface area (Å²) in [6.07, 6.45) is 0.707. The normalized spacial score (nSPS) is 9.24. The van der Waals surface area contributed by atoms with Crippen LogP contribution in [0.15, 0.2) is 24.3 Å². The first kappa shape index (κ1) is 16.4. The average Bonchev–Trinajstić information content (AvgIpc) is 2.27. The Hall–Kier alpha value is -0.620. The van der Waals surface area contributed by atoms with Crippen molar-refractivity contribution in [2.75, 3.05) is 6.54 Å². The first-order chi connectivity index (χ1) is 7.65. The Morgan fingerprint density at radius 2 is 2.00 bits per heavy atom. The van der Waals surface area contributed by atoms with Gasteiger partial charge in [0.05, 0.1) is 0 Å². The quantitative estimate of drug-likeness (QED) is 0.468. The van der Waals surface area contributed by atoms with Crippen LogP contribution in [0.1, 0.15) is 26.1 Å². The van der Waals surface area contributed by atoms with Crippen molar-refractivity contribution in [2.24, 2.45) is 5.73 Å². The number of para-hydroxylation sites is 1. The van der Waals surface area contributed by atoms with E-state index in [1.54, 1.807) is 12.1 Å². The molecule has 0 aliphatic heterocycles. The van der Waals surface area contributed by atoms with Gasteiger partial charge in [-0.3, -0.25) is 4.79 Å². The zero-order valence-corrected chi connectivity index (χ0v) is 11.6. The number of esters is 1. The molecule has 0 aliphatic rings. The molecule has 6 heteroatoms. The number of aromatic carboxylic acids is 1. The van der Waals surface area contributed by atoms with Crippen LogP contribution in [0.25, 0.3) is 0 Å². The molecule has 1 aromatic carbocycles. The van der Waals surface area contributed by atoms with Gasteiger partial charge >= 0.3 is 49.7 Å². The van der Waals surface area contributed by atoms with Crippen LogP contribution < -0.4 is 10.5 Å². The summed E-state index contributed by atoms with van der Waals surface area (Å²) in [6, 6.07) is 6.01. The topological polar surface area (TPSA) is 89.6 Å². The Kier molecular flexibility index (Phi) is 8.16. The van der Waals surface area contributed by atoms with E-state index in [2.05, 4.69) is 0 Å². The molecular weight excluding hydrogens is 250 g/mol. The Morgan fingerprint density at radius 1 is 1.35 bits per heavy atom. The number of benzene rings is 1. The minimum atomic E-state index is -1.12. The van der Waals surface area contributed by atoms with Crippen LogP contribution in [0.3, 0.4) is 0 Å². The van der Waals surface area contributed by atoms with Gasteiger partial charge in [-0.15, -0.1) is 0 Å². The number of rotatable bonds is 5. The summed E-state index contributed by atoms with van der Waals surface area (Å²) in [5.74, 6) is -1.53. The molecule has 5 nitrogen and oxygen atoms in total. The maximum Gasteiger partial charge on any atom is 2.00 e. The molecule has 0 aliphatic carbocycles. The van der Waals surface area contributed by atoms with Crippen molar-refractivity contribution in [3.05, 3.63) is 29.8 Å². The molecule has 3 N–H and O–H groups in total. The molecule has 1 aromatic rings. The summed E-state index contributed by atoms with van der Waals surface area (Å²) in [4.78, 5) is 22.1. The molecule has 0 bridgehead atoms. The van der Waals surface area contributed by atoms with Crippen molar-refractivity contribution >= 4 is 49.7 Å². The summed E-state index contributed by atoms with van der Waals surface area (Å²) in [5.41, 5.74) is 5.22. The maximum absolute atomic E-state index is 11.3. The predicted octanol–water partition coefficient (Wildman–Crippen LogP) is 0.873. The van der Waals surface area contributed by atoms with Crippen LogP contribution >= 0.6 is 0 Å². The fraction of sp³-hybridized carbons (Fsp3) is 0.273. The second-order valence-corrected chi connectivity index (χ2v) is 3.17. The van der Waals surface area contributed by atoms with Crippen LogP contribution in [0.5, 0.6) is 5.75 Å². The number of carboxylic acid groups (broad SMARTS) is 1. The molecule has 0 heterocycles. The fourth-order valence-corrected chi connectivity index (χ4v) is 1.15. The summed E-state index contributed by atoms with van der Waals surface area (Å²) in [7, 11) is 0. The van der Waals surface area contributed by atoms with E-state index >= 15 is 0 Å². The largest absolute Gasteiger partial charge is 2.00 e. The van der Waals surface area contributed by atoms with Crippen molar-refractivity contribution in [3.63, 3.8) is 0 Å². The molecule has 0 saturated carbocycles. The maximum atomic E-state index is 11.3. The third-order valence-corrected chi connectivity index (χ3v) is 1.93. The van der Waals surface area contributed by atoms with Gasteiger partial charge in [0.2, 0.25) is 0 Å². The zero-order valence-electron chi connectivity index (χ0n) is 11.4. The number of nitrogens with two attached hydrogens (primary N) is 1. The molecule has 90 valence electrons. The van der Waals surface area contributed by atoms with Gasteiger partial charge in [-0.2, -0.15) is 0 Å². The number of ether oxygens (including phenoxy) is 1. The van der Waals surface area contributed by atoms with E-state index in [-0.39, 0.29) is 58.3 Å². The summed E-state index contributed by atoms with van der Waals surface area (Å²) in [5, 5.41) is 8.84. The van der Waals surface area contributed by atoms with Gasteiger partial charge in [-0.05, 0) is 25.1 Å². The Morgan fingerprint density at radius 3 is 2.59 bits per heavy atom. The summed E-state index contributed by atoms with van der Waals surface area (Å²) in [6.45, 7) is 0.398. The van der Waals surface area contributed by atoms with Gasteiger partial charge < -0.3 is 18.4 Å². The minimum absolute atomic E-state index is 0. The predicted molar refractivity (Wildman–Crippen MR) is 65.3 cm³/mol. The van der Waals surface area contributed by atoms with Crippen molar-refractivity contribution in [1.82, 2.24) is 0 Å². The molecule has 0 aromatic heterocycles. The van der Waals surface area contributed by atoms with Gasteiger partial charge in [0.1, 0.15) is 11.3 Å². The Balaban J connectivity index is -0.000000853. The van der Waals surface area contributed by atoms with E-state index in [1.807, 2.05) is 0 Å². The molecule has 0 saturated heterocycles. The van der Waals surface area contributed by atoms with Crippen LogP contribution in [0.2, 0.25) is 0 Å². The number of carbonyl (C=O) groups is 2. The van der Waals surface area contributed by atoms with Crippen molar-refractivity contribution in [2.45, 2.75) is 12.8 Å². The van der Waals surface area contributed by atoms with Gasteiger partial charge in [0.15, 0.2) is 0 Å². The number of carbonyl (C=O) groups excluding carboxylic acids is 1. The Bertz CT molecular complexity index is 404. The zero-order chi connectivity index (χ0) is 12.0. The molecule has 17 heavy (non-hydrogen) atoms. The summed E-state index contributed by atoms with van der Waals surface area (Å²) >= 11 is 0. The van der Waals surface area contributed by atoms with Crippen molar-refractivity contribution in [3.8, 4) is 5.75 Å². The second-order valence-electron chi connectivity index (χ2n) is 3.17. The summed E-state index contributed by atoms with van der Waals surface area (Å²) < 4.78 is 4.93. The number of hydrogen-bond donors (Lipinski definition) is 2. The first-order valence-electron chi connectivity index (χ1n) is 4.88. The minimum Gasteiger partial charge on any atom is -1.00 e. The second kappa shape index (κ2) is 8.47. The van der Waals surface area contributed by atoms with Gasteiger partial charge in [-0.1, -0.05) is 12.1 Å². The SMILES string of the molecule is NCCCC(=O)Oc1ccccc1C(=O)O.[Ca+2].[H-].[H-]. The fourth-order valence-electron chi connectivity index (χ4n) is 1.15. The van der Waals surface area contributed by atoms with E-state index in [4.69, 9.17) is 15.6 Å². The molecule has 0 unspecified atom stereocenters. The van der Waals surface area contributed by atoms with Crippen LogP contribution in [0.4, 0.5) is 0 Å². The molecule has 1 rings (SSSR count).